The number of carbonyl (C=O) groups excluding carboxylic acids is 1. The molecule has 1 heterocycles. The van der Waals surface area contributed by atoms with E-state index >= 15 is 0 Å². The summed E-state index contributed by atoms with van der Waals surface area (Å²) in [5, 5.41) is 8.49. The summed E-state index contributed by atoms with van der Waals surface area (Å²) < 4.78 is 4.85. The summed E-state index contributed by atoms with van der Waals surface area (Å²) in [6.07, 6.45) is 4.60. The second kappa shape index (κ2) is 6.02. The number of aliphatic imine (C=N–C) groups is 1. The number of amidine groups is 1. The van der Waals surface area contributed by atoms with Gasteiger partial charge in [-0.1, -0.05) is 0 Å². The third-order valence-corrected chi connectivity index (χ3v) is 2.25. The molecule has 82 valence electrons. The Bertz CT molecular complexity index is 294. The summed E-state index contributed by atoms with van der Waals surface area (Å²) in [6, 6.07) is 0. The molecule has 1 aliphatic rings. The van der Waals surface area contributed by atoms with Gasteiger partial charge in [0.15, 0.2) is 0 Å². The SMILES string of the molecule is CCOC(=O)CN1CCCC/C1=N\C#N. The van der Waals surface area contributed by atoms with Crippen LogP contribution < -0.4 is 0 Å². The first-order valence-electron chi connectivity index (χ1n) is 5.14. The second-order valence-corrected chi connectivity index (χ2v) is 3.31. The van der Waals surface area contributed by atoms with E-state index in [0.717, 1.165) is 25.8 Å². The lowest BCUT2D eigenvalue weighted by Gasteiger charge is -2.28. The topological polar surface area (TPSA) is 65.7 Å². The minimum atomic E-state index is -0.259. The number of ether oxygens (including phenoxy) is 1. The van der Waals surface area contributed by atoms with Crippen LogP contribution in [0.5, 0.6) is 0 Å². The Morgan fingerprint density at radius 1 is 1.67 bits per heavy atom. The fourth-order valence-electron chi connectivity index (χ4n) is 1.59. The van der Waals surface area contributed by atoms with Crippen LogP contribution in [0.25, 0.3) is 0 Å². The second-order valence-electron chi connectivity index (χ2n) is 3.31. The predicted octanol–water partition coefficient (Wildman–Crippen LogP) is 0.915. The largest absolute Gasteiger partial charge is 0.465 e. The van der Waals surface area contributed by atoms with Gasteiger partial charge in [-0.3, -0.25) is 4.79 Å². The molecule has 0 aromatic carbocycles. The van der Waals surface area contributed by atoms with Crippen molar-refractivity contribution in [1.82, 2.24) is 4.90 Å². The zero-order chi connectivity index (χ0) is 11.1. The highest BCUT2D eigenvalue weighted by molar-refractivity contribution is 5.87. The van der Waals surface area contributed by atoms with Crippen molar-refractivity contribution in [3.63, 3.8) is 0 Å². The molecule has 1 aliphatic heterocycles. The molecule has 0 aromatic rings. The Labute approximate surface area is 89.3 Å². The minimum Gasteiger partial charge on any atom is -0.465 e. The highest BCUT2D eigenvalue weighted by atomic mass is 16.5. The van der Waals surface area contributed by atoms with E-state index in [1.165, 1.54) is 0 Å². The lowest BCUT2D eigenvalue weighted by molar-refractivity contribution is -0.143. The van der Waals surface area contributed by atoms with Crippen molar-refractivity contribution >= 4 is 11.8 Å². The van der Waals surface area contributed by atoms with Crippen LogP contribution in [0.4, 0.5) is 0 Å². The number of hydrogen-bond acceptors (Lipinski definition) is 4. The maximum atomic E-state index is 11.3. The van der Waals surface area contributed by atoms with Gasteiger partial charge in [-0.15, -0.1) is 0 Å². The van der Waals surface area contributed by atoms with Gasteiger partial charge in [0.1, 0.15) is 12.4 Å². The molecule has 0 atom stereocenters. The molecule has 1 rings (SSSR count). The van der Waals surface area contributed by atoms with Gasteiger partial charge in [0.05, 0.1) is 6.61 Å². The molecular weight excluding hydrogens is 194 g/mol. The number of carbonyl (C=O) groups is 1. The maximum absolute atomic E-state index is 11.3. The summed E-state index contributed by atoms with van der Waals surface area (Å²) in [7, 11) is 0. The molecule has 5 heteroatoms. The highest BCUT2D eigenvalue weighted by Gasteiger charge is 2.19. The summed E-state index contributed by atoms with van der Waals surface area (Å²) in [6.45, 7) is 3.14. The molecule has 15 heavy (non-hydrogen) atoms. The molecule has 1 fully saturated rings. The summed E-state index contributed by atoms with van der Waals surface area (Å²) in [5.41, 5.74) is 0. The van der Waals surface area contributed by atoms with Crippen LogP contribution in [0.15, 0.2) is 4.99 Å². The van der Waals surface area contributed by atoms with E-state index in [4.69, 9.17) is 10.00 Å². The van der Waals surface area contributed by atoms with Crippen molar-refractivity contribution in [2.75, 3.05) is 19.7 Å². The van der Waals surface area contributed by atoms with E-state index in [9.17, 15) is 4.79 Å². The molecule has 0 unspecified atom stereocenters. The molecule has 0 saturated carbocycles. The van der Waals surface area contributed by atoms with Crippen molar-refractivity contribution in [2.45, 2.75) is 26.2 Å². The van der Waals surface area contributed by atoms with E-state index in [1.54, 1.807) is 13.1 Å². The van der Waals surface area contributed by atoms with Crippen LogP contribution in [0.3, 0.4) is 0 Å². The first-order chi connectivity index (χ1) is 7.27. The zero-order valence-electron chi connectivity index (χ0n) is 8.90. The van der Waals surface area contributed by atoms with Gasteiger partial charge in [-0.25, -0.2) is 0 Å². The molecule has 0 bridgehead atoms. The van der Waals surface area contributed by atoms with Crippen molar-refractivity contribution in [3.8, 4) is 6.19 Å². The van der Waals surface area contributed by atoms with Gasteiger partial charge < -0.3 is 9.64 Å². The minimum absolute atomic E-state index is 0.203. The highest BCUT2D eigenvalue weighted by Crippen LogP contribution is 2.11. The quantitative estimate of drug-likeness (QED) is 0.512. The van der Waals surface area contributed by atoms with Crippen LogP contribution in [-0.4, -0.2) is 36.4 Å². The smallest absolute Gasteiger partial charge is 0.325 e. The number of nitriles is 1. The molecule has 0 N–H and O–H groups in total. The monoisotopic (exact) mass is 209 g/mol. The van der Waals surface area contributed by atoms with E-state index < -0.39 is 0 Å². The Kier molecular flexibility index (Phi) is 4.61. The van der Waals surface area contributed by atoms with E-state index in [2.05, 4.69) is 4.99 Å². The number of piperidine rings is 1. The molecule has 0 spiro atoms. The fourth-order valence-corrected chi connectivity index (χ4v) is 1.59. The maximum Gasteiger partial charge on any atom is 0.325 e. The summed E-state index contributed by atoms with van der Waals surface area (Å²) >= 11 is 0. The van der Waals surface area contributed by atoms with Gasteiger partial charge in [0, 0.05) is 13.0 Å². The lowest BCUT2D eigenvalue weighted by Crippen LogP contribution is -2.39. The Morgan fingerprint density at radius 3 is 3.13 bits per heavy atom. The van der Waals surface area contributed by atoms with Crippen LogP contribution >= 0.6 is 0 Å². The Morgan fingerprint density at radius 2 is 2.47 bits per heavy atom. The number of likely N-dealkylation sites (tertiary alicyclic amines) is 1. The number of rotatable bonds is 3. The normalized spacial score (nSPS) is 18.7. The van der Waals surface area contributed by atoms with Gasteiger partial charge in [0.2, 0.25) is 6.19 Å². The van der Waals surface area contributed by atoms with E-state index in [1.807, 2.05) is 4.90 Å². The van der Waals surface area contributed by atoms with Gasteiger partial charge in [-0.05, 0) is 19.8 Å². The first kappa shape index (κ1) is 11.5. The summed E-state index contributed by atoms with van der Waals surface area (Å²) in [5.74, 6) is 0.446. The summed E-state index contributed by atoms with van der Waals surface area (Å²) in [4.78, 5) is 16.8. The lowest BCUT2D eigenvalue weighted by atomic mass is 10.1. The molecule has 5 nitrogen and oxygen atoms in total. The number of esters is 1. The van der Waals surface area contributed by atoms with Gasteiger partial charge >= 0.3 is 5.97 Å². The van der Waals surface area contributed by atoms with Crippen molar-refractivity contribution in [1.29, 1.82) is 5.26 Å². The number of nitrogens with zero attached hydrogens (tertiary/aromatic N) is 3. The fraction of sp³-hybridized carbons (Fsp3) is 0.700. The Balaban J connectivity index is 2.54. The molecule has 0 amide bonds. The average molecular weight is 209 g/mol. The van der Waals surface area contributed by atoms with Crippen LogP contribution in [-0.2, 0) is 9.53 Å². The third-order valence-electron chi connectivity index (χ3n) is 2.25. The van der Waals surface area contributed by atoms with Crippen LogP contribution in [0.2, 0.25) is 0 Å². The Hall–Kier alpha value is -1.57. The van der Waals surface area contributed by atoms with Crippen molar-refractivity contribution < 1.29 is 9.53 Å². The van der Waals surface area contributed by atoms with E-state index in [0.29, 0.717) is 12.4 Å². The standard InChI is InChI=1S/C10H15N3O2/c1-2-15-10(14)7-13-6-4-3-5-9(13)12-8-11/h2-7H2,1H3/b12-9+. The van der Waals surface area contributed by atoms with E-state index in [-0.39, 0.29) is 12.5 Å². The molecule has 0 aromatic heterocycles. The van der Waals surface area contributed by atoms with Crippen LogP contribution in [0, 0.1) is 11.5 Å². The third kappa shape index (κ3) is 3.58. The zero-order valence-corrected chi connectivity index (χ0v) is 8.90. The average Bonchev–Trinajstić information content (AvgIpc) is 2.21. The predicted molar refractivity (Wildman–Crippen MR) is 55.1 cm³/mol. The first-order valence-corrected chi connectivity index (χ1v) is 5.14. The molecule has 1 saturated heterocycles. The molecule has 0 aliphatic carbocycles. The molecular formula is C10H15N3O2. The molecule has 0 radical (unpaired) electrons. The van der Waals surface area contributed by atoms with Crippen molar-refractivity contribution in [3.05, 3.63) is 0 Å². The van der Waals surface area contributed by atoms with Gasteiger partial charge in [-0.2, -0.15) is 10.3 Å². The number of hydrogen-bond donors (Lipinski definition) is 0. The van der Waals surface area contributed by atoms with Crippen LogP contribution in [0.1, 0.15) is 26.2 Å². The van der Waals surface area contributed by atoms with Crippen molar-refractivity contribution in [2.24, 2.45) is 4.99 Å². The van der Waals surface area contributed by atoms with Gasteiger partial charge in [0.25, 0.3) is 0 Å².